The van der Waals surface area contributed by atoms with Crippen LogP contribution in [-0.2, 0) is 28.9 Å². The first kappa shape index (κ1) is 43.7. The summed E-state index contributed by atoms with van der Waals surface area (Å²) in [5.74, 6) is -0.185. The van der Waals surface area contributed by atoms with Crippen molar-refractivity contribution in [3.63, 3.8) is 0 Å². The van der Waals surface area contributed by atoms with Gasteiger partial charge in [-0.2, -0.15) is 0 Å². The predicted molar refractivity (Wildman–Crippen MR) is 232 cm³/mol. The SMILES string of the molecule is CCN(CCOCCOCCNc1ccc2c(c1)C(=O)N(C1CCC(=O)NC1=O)C2=O)CCOc1ccc(Oc2c(-c3ccc(S(C)(=O)=O)cc3)ccc3cc(O)ccc23)cc1. The number of nitrogens with zero attached hydrogens (tertiary/aromatic N) is 2. The molecule has 0 bridgehead atoms. The van der Waals surface area contributed by atoms with Crippen molar-refractivity contribution < 1.29 is 51.6 Å². The maximum absolute atomic E-state index is 13.1. The van der Waals surface area contributed by atoms with Crippen molar-refractivity contribution in [2.24, 2.45) is 0 Å². The van der Waals surface area contributed by atoms with Crippen molar-refractivity contribution >= 4 is 49.9 Å². The van der Waals surface area contributed by atoms with Crippen molar-refractivity contribution in [2.45, 2.75) is 30.7 Å². The van der Waals surface area contributed by atoms with E-state index in [0.29, 0.717) is 69.1 Å². The molecule has 2 heterocycles. The largest absolute Gasteiger partial charge is 0.508 e. The number of sulfone groups is 1. The summed E-state index contributed by atoms with van der Waals surface area (Å²) in [6.45, 7) is 6.98. The normalized spacial score (nSPS) is 15.3. The lowest BCUT2D eigenvalue weighted by atomic mass is 9.99. The van der Waals surface area contributed by atoms with E-state index in [1.54, 1.807) is 60.7 Å². The summed E-state index contributed by atoms with van der Waals surface area (Å²) >= 11 is 0. The lowest BCUT2D eigenvalue weighted by Gasteiger charge is -2.27. The second kappa shape index (κ2) is 19.6. The summed E-state index contributed by atoms with van der Waals surface area (Å²) < 4.78 is 48.1. The van der Waals surface area contributed by atoms with Crippen LogP contribution in [0.1, 0.15) is 40.5 Å². The van der Waals surface area contributed by atoms with Gasteiger partial charge in [0.25, 0.3) is 11.8 Å². The second-order valence-corrected chi connectivity index (χ2v) is 16.9. The number of nitrogens with one attached hydrogen (secondary N) is 2. The molecule has 0 aromatic heterocycles. The fourth-order valence-electron chi connectivity index (χ4n) is 7.31. The van der Waals surface area contributed by atoms with Gasteiger partial charge in [0.05, 0.1) is 42.4 Å². The van der Waals surface area contributed by atoms with Gasteiger partial charge in [-0.3, -0.25) is 34.3 Å². The molecule has 0 aliphatic carbocycles. The van der Waals surface area contributed by atoms with E-state index in [0.717, 1.165) is 39.9 Å². The van der Waals surface area contributed by atoms with Crippen LogP contribution in [0.2, 0.25) is 0 Å². The van der Waals surface area contributed by atoms with Crippen LogP contribution in [0.15, 0.2) is 102 Å². The maximum Gasteiger partial charge on any atom is 0.262 e. The van der Waals surface area contributed by atoms with E-state index in [9.17, 15) is 32.7 Å². The minimum atomic E-state index is -3.35. The van der Waals surface area contributed by atoms with Crippen LogP contribution in [0.3, 0.4) is 0 Å². The molecule has 5 aromatic carbocycles. The van der Waals surface area contributed by atoms with Crippen molar-refractivity contribution in [2.75, 3.05) is 70.8 Å². The smallest absolute Gasteiger partial charge is 0.262 e. The number of imide groups is 2. The van der Waals surface area contributed by atoms with Gasteiger partial charge in [-0.1, -0.05) is 25.1 Å². The number of anilines is 1. The van der Waals surface area contributed by atoms with E-state index in [1.807, 2.05) is 36.4 Å². The average molecular weight is 865 g/mol. The highest BCUT2D eigenvalue weighted by atomic mass is 32.2. The highest BCUT2D eigenvalue weighted by Gasteiger charge is 2.44. The monoisotopic (exact) mass is 864 g/mol. The molecule has 2 aliphatic heterocycles. The first-order valence-corrected chi connectivity index (χ1v) is 22.2. The van der Waals surface area contributed by atoms with Gasteiger partial charge < -0.3 is 29.4 Å². The molecule has 1 unspecified atom stereocenters. The molecule has 3 N–H and O–H groups in total. The molecule has 0 spiro atoms. The molecular weight excluding hydrogens is 817 g/mol. The Bertz CT molecular complexity index is 2570. The van der Waals surface area contributed by atoms with E-state index >= 15 is 0 Å². The zero-order chi connectivity index (χ0) is 43.8. The number of hydrogen-bond donors (Lipinski definition) is 3. The molecule has 1 atom stereocenters. The Morgan fingerprint density at radius 3 is 2.19 bits per heavy atom. The van der Waals surface area contributed by atoms with Gasteiger partial charge in [-0.15, -0.1) is 0 Å². The van der Waals surface area contributed by atoms with Crippen LogP contribution in [0.5, 0.6) is 23.0 Å². The van der Waals surface area contributed by atoms with E-state index < -0.39 is 39.5 Å². The first-order valence-electron chi connectivity index (χ1n) is 20.3. The standard InChI is InChI=1S/C46H48N4O11S/c1-3-49(21-24-59-27-26-58-23-20-47-32-7-16-39-40(29-32)46(55)50(45(39)54)41-18-19-42(52)48-44(41)53)22-25-60-34-9-11-35(12-10-34)61-43-37(15-6-31-28-33(51)8-17-38(31)43)30-4-13-36(14-5-30)62(2,56)57/h4-17,28-29,41,47,51H,3,18-27H2,1-2H3,(H,48,52,53). The zero-order valence-electron chi connectivity index (χ0n) is 34.4. The molecule has 16 heteroatoms. The topological polar surface area (TPSA) is 190 Å². The molecule has 1 fully saturated rings. The number of benzene rings is 5. The molecule has 1 saturated heterocycles. The third-order valence-electron chi connectivity index (χ3n) is 10.7. The van der Waals surface area contributed by atoms with E-state index in [2.05, 4.69) is 22.5 Å². The highest BCUT2D eigenvalue weighted by molar-refractivity contribution is 7.90. The molecule has 62 heavy (non-hydrogen) atoms. The van der Waals surface area contributed by atoms with Gasteiger partial charge >= 0.3 is 0 Å². The molecule has 15 nitrogen and oxygen atoms in total. The summed E-state index contributed by atoms with van der Waals surface area (Å²) in [5, 5.41) is 17.1. The second-order valence-electron chi connectivity index (χ2n) is 14.9. The number of carbonyl (C=O) groups is 4. The van der Waals surface area contributed by atoms with E-state index in [1.165, 1.54) is 6.26 Å². The number of carbonyl (C=O) groups excluding carboxylic acids is 4. The molecule has 7 rings (SSSR count). The van der Waals surface area contributed by atoms with Gasteiger partial charge in [0.15, 0.2) is 9.84 Å². The lowest BCUT2D eigenvalue weighted by molar-refractivity contribution is -0.136. The average Bonchev–Trinajstić information content (AvgIpc) is 3.50. The minimum Gasteiger partial charge on any atom is -0.508 e. The van der Waals surface area contributed by atoms with Gasteiger partial charge in [0.2, 0.25) is 11.8 Å². The number of piperidine rings is 1. The van der Waals surface area contributed by atoms with Crippen molar-refractivity contribution in [1.82, 2.24) is 15.1 Å². The van der Waals surface area contributed by atoms with Crippen molar-refractivity contribution in [3.05, 3.63) is 108 Å². The van der Waals surface area contributed by atoms with Crippen LogP contribution in [-0.4, -0.2) is 118 Å². The Morgan fingerprint density at radius 2 is 1.47 bits per heavy atom. The fourth-order valence-corrected chi connectivity index (χ4v) is 7.94. The lowest BCUT2D eigenvalue weighted by Crippen LogP contribution is -2.54. The quantitative estimate of drug-likeness (QED) is 0.0643. The van der Waals surface area contributed by atoms with Gasteiger partial charge in [-0.05, 0) is 103 Å². The van der Waals surface area contributed by atoms with Crippen LogP contribution in [0.4, 0.5) is 5.69 Å². The molecule has 4 amide bonds. The third-order valence-corrected chi connectivity index (χ3v) is 11.8. The van der Waals surface area contributed by atoms with Crippen LogP contribution in [0.25, 0.3) is 21.9 Å². The first-order chi connectivity index (χ1) is 29.9. The molecule has 324 valence electrons. The van der Waals surface area contributed by atoms with Crippen LogP contribution < -0.4 is 20.1 Å². The van der Waals surface area contributed by atoms with E-state index in [-0.39, 0.29) is 34.6 Å². The number of likely N-dealkylation sites (N-methyl/N-ethyl adjacent to an activating group) is 1. The summed E-state index contributed by atoms with van der Waals surface area (Å²) in [6.07, 6.45) is 1.34. The van der Waals surface area contributed by atoms with Gasteiger partial charge in [0, 0.05) is 48.9 Å². The van der Waals surface area contributed by atoms with Crippen LogP contribution in [0, 0.1) is 0 Å². The summed E-state index contributed by atoms with van der Waals surface area (Å²) in [6, 6.07) is 26.7. The zero-order valence-corrected chi connectivity index (χ0v) is 35.2. The molecule has 5 aromatic rings. The molecule has 0 radical (unpaired) electrons. The summed E-state index contributed by atoms with van der Waals surface area (Å²) in [7, 11) is -3.35. The number of ether oxygens (including phenoxy) is 4. The Labute approximate surface area is 359 Å². The fraction of sp³-hybridized carbons (Fsp3) is 0.304. The number of fused-ring (bicyclic) bond motifs is 2. The summed E-state index contributed by atoms with van der Waals surface area (Å²) in [5.41, 5.74) is 2.62. The van der Waals surface area contributed by atoms with Gasteiger partial charge in [-0.25, -0.2) is 8.42 Å². The number of aromatic hydroxyl groups is 1. The molecular formula is C46H48N4O11S. The van der Waals surface area contributed by atoms with Crippen molar-refractivity contribution in [1.29, 1.82) is 0 Å². The van der Waals surface area contributed by atoms with Gasteiger partial charge in [0.1, 0.15) is 35.6 Å². The molecule has 0 saturated carbocycles. The Morgan fingerprint density at radius 1 is 0.774 bits per heavy atom. The van der Waals surface area contributed by atoms with Crippen molar-refractivity contribution in [3.8, 4) is 34.1 Å². The Kier molecular flexibility index (Phi) is 13.8. The Balaban J connectivity index is 0.804. The van der Waals surface area contributed by atoms with Crippen LogP contribution >= 0.6 is 0 Å². The number of hydrogen-bond acceptors (Lipinski definition) is 13. The minimum absolute atomic E-state index is 0.0641. The molecule has 2 aliphatic rings. The van der Waals surface area contributed by atoms with E-state index in [4.69, 9.17) is 18.9 Å². The maximum atomic E-state index is 13.1. The third kappa shape index (κ3) is 10.4. The Hall–Kier alpha value is -6.33. The summed E-state index contributed by atoms with van der Waals surface area (Å²) in [4.78, 5) is 53.2. The number of amides is 4. The number of rotatable bonds is 20. The predicted octanol–water partition coefficient (Wildman–Crippen LogP) is 5.66. The highest BCUT2D eigenvalue weighted by Crippen LogP contribution is 2.41. The number of phenolic OH excluding ortho intramolecular Hbond substituents is 1. The number of phenols is 1.